The smallest absolute Gasteiger partial charge is 0.326 e. The van der Waals surface area contributed by atoms with Gasteiger partial charge in [-0.3, -0.25) is 9.79 Å². The first-order valence-corrected chi connectivity index (χ1v) is 6.77. The van der Waals surface area contributed by atoms with Crippen LogP contribution in [-0.4, -0.2) is 52.7 Å². The average molecular weight is 288 g/mol. The molecule has 0 aromatic carbocycles. The van der Waals surface area contributed by atoms with Crippen molar-refractivity contribution in [3.05, 3.63) is 0 Å². The Balaban J connectivity index is 2.55. The summed E-state index contributed by atoms with van der Waals surface area (Å²) in [5.74, 6) is -0.399. The highest BCUT2D eigenvalue weighted by Gasteiger charge is 2.36. The van der Waals surface area contributed by atoms with E-state index in [9.17, 15) is 14.7 Å². The average Bonchev–Trinajstić information content (AvgIpc) is 2.69. The molecule has 1 amide bonds. The number of aliphatic imine (C=N–C) groups is 1. The summed E-state index contributed by atoms with van der Waals surface area (Å²) in [6.45, 7) is 0.825. The van der Waals surface area contributed by atoms with E-state index in [-0.39, 0.29) is 17.8 Å². The highest BCUT2D eigenvalue weighted by Crippen LogP contribution is 2.23. The first-order chi connectivity index (χ1) is 8.95. The molecule has 0 saturated carbocycles. The molecular formula is C11H20N4O3S. The molecule has 1 fully saturated rings. The topological polar surface area (TPSA) is 122 Å². The molecule has 1 heterocycles. The van der Waals surface area contributed by atoms with Gasteiger partial charge in [0.15, 0.2) is 5.96 Å². The summed E-state index contributed by atoms with van der Waals surface area (Å²) >= 11 is 4.15. The fraction of sp³-hybridized carbons (Fsp3) is 0.727. The Bertz CT molecular complexity index is 371. The predicted molar refractivity (Wildman–Crippen MR) is 75.0 cm³/mol. The normalized spacial score (nSPS) is 20.4. The predicted octanol–water partition coefficient (Wildman–Crippen LogP) is -0.728. The SMILES string of the molecule is NC(N)=NCCCC(C(=O)O)N1CC(CS)CC1=O. The summed E-state index contributed by atoms with van der Waals surface area (Å²) in [4.78, 5) is 28.3. The molecule has 0 aromatic heterocycles. The van der Waals surface area contributed by atoms with Crippen LogP contribution in [0.3, 0.4) is 0 Å². The third-order valence-corrected chi connectivity index (χ3v) is 3.60. The molecule has 8 heteroatoms. The first kappa shape index (κ1) is 15.6. The van der Waals surface area contributed by atoms with Crippen LogP contribution in [0.25, 0.3) is 0 Å². The van der Waals surface area contributed by atoms with Gasteiger partial charge in [-0.2, -0.15) is 12.6 Å². The number of amides is 1. The van der Waals surface area contributed by atoms with E-state index in [0.717, 1.165) is 0 Å². The molecule has 19 heavy (non-hydrogen) atoms. The van der Waals surface area contributed by atoms with Gasteiger partial charge in [0.05, 0.1) is 0 Å². The lowest BCUT2D eigenvalue weighted by Gasteiger charge is -2.24. The van der Waals surface area contributed by atoms with Crippen LogP contribution >= 0.6 is 12.6 Å². The number of carbonyl (C=O) groups excluding carboxylic acids is 1. The molecule has 1 aliphatic rings. The van der Waals surface area contributed by atoms with Crippen molar-refractivity contribution < 1.29 is 14.7 Å². The maximum atomic E-state index is 11.8. The number of carboxylic acid groups (broad SMARTS) is 1. The van der Waals surface area contributed by atoms with Gasteiger partial charge in [-0.05, 0) is 24.5 Å². The van der Waals surface area contributed by atoms with Crippen molar-refractivity contribution >= 4 is 30.5 Å². The summed E-state index contributed by atoms with van der Waals surface area (Å²) in [7, 11) is 0. The number of thiol groups is 1. The van der Waals surface area contributed by atoms with Crippen LogP contribution in [0.4, 0.5) is 0 Å². The van der Waals surface area contributed by atoms with E-state index in [4.69, 9.17) is 11.5 Å². The molecule has 0 aliphatic carbocycles. The second-order valence-corrected chi connectivity index (χ2v) is 4.97. The number of carboxylic acids is 1. The van der Waals surface area contributed by atoms with Gasteiger partial charge in [-0.15, -0.1) is 0 Å². The first-order valence-electron chi connectivity index (χ1n) is 6.14. The molecule has 0 bridgehead atoms. The molecule has 1 rings (SSSR count). The maximum absolute atomic E-state index is 11.8. The molecule has 108 valence electrons. The lowest BCUT2D eigenvalue weighted by molar-refractivity contribution is -0.148. The highest BCUT2D eigenvalue weighted by atomic mass is 32.1. The number of aliphatic carboxylic acids is 1. The molecule has 0 spiro atoms. The number of carbonyl (C=O) groups is 2. The number of nitrogens with two attached hydrogens (primary N) is 2. The second-order valence-electron chi connectivity index (χ2n) is 4.60. The Morgan fingerprint density at radius 1 is 1.58 bits per heavy atom. The van der Waals surface area contributed by atoms with Crippen molar-refractivity contribution in [2.75, 3.05) is 18.8 Å². The van der Waals surface area contributed by atoms with Crippen molar-refractivity contribution in [2.24, 2.45) is 22.4 Å². The molecule has 0 radical (unpaired) electrons. The van der Waals surface area contributed by atoms with Crippen LogP contribution in [-0.2, 0) is 9.59 Å². The van der Waals surface area contributed by atoms with E-state index < -0.39 is 12.0 Å². The van der Waals surface area contributed by atoms with E-state index in [0.29, 0.717) is 38.1 Å². The maximum Gasteiger partial charge on any atom is 0.326 e. The van der Waals surface area contributed by atoms with Gasteiger partial charge >= 0.3 is 5.97 Å². The number of rotatable bonds is 7. The summed E-state index contributed by atoms with van der Waals surface area (Å²) in [5, 5.41) is 9.22. The van der Waals surface area contributed by atoms with E-state index in [1.165, 1.54) is 4.90 Å². The summed E-state index contributed by atoms with van der Waals surface area (Å²) in [6, 6.07) is -0.799. The Kier molecular flexibility index (Phi) is 5.94. The zero-order valence-corrected chi connectivity index (χ0v) is 11.6. The molecule has 0 aromatic rings. The molecule has 2 atom stereocenters. The van der Waals surface area contributed by atoms with Crippen molar-refractivity contribution in [3.63, 3.8) is 0 Å². The van der Waals surface area contributed by atoms with Gasteiger partial charge in [-0.1, -0.05) is 0 Å². The molecular weight excluding hydrogens is 268 g/mol. The Labute approximate surface area is 117 Å². The molecule has 2 unspecified atom stereocenters. The van der Waals surface area contributed by atoms with Crippen LogP contribution in [0, 0.1) is 5.92 Å². The monoisotopic (exact) mass is 288 g/mol. The Hall–Kier alpha value is -1.44. The molecule has 5 N–H and O–H groups in total. The largest absolute Gasteiger partial charge is 0.480 e. The van der Waals surface area contributed by atoms with Crippen LogP contribution < -0.4 is 11.5 Å². The Morgan fingerprint density at radius 3 is 2.74 bits per heavy atom. The lowest BCUT2D eigenvalue weighted by Crippen LogP contribution is -2.42. The second kappa shape index (κ2) is 7.22. The summed E-state index contributed by atoms with van der Waals surface area (Å²) < 4.78 is 0. The lowest BCUT2D eigenvalue weighted by atomic mass is 10.1. The zero-order valence-electron chi connectivity index (χ0n) is 10.7. The van der Waals surface area contributed by atoms with E-state index in [1.807, 2.05) is 0 Å². The fourth-order valence-electron chi connectivity index (χ4n) is 2.14. The van der Waals surface area contributed by atoms with Crippen LogP contribution in [0.5, 0.6) is 0 Å². The van der Waals surface area contributed by atoms with Gasteiger partial charge in [-0.25, -0.2) is 4.79 Å². The van der Waals surface area contributed by atoms with Gasteiger partial charge in [0, 0.05) is 19.5 Å². The summed E-state index contributed by atoms with van der Waals surface area (Å²) in [5.41, 5.74) is 10.4. The third-order valence-electron chi connectivity index (χ3n) is 3.09. The van der Waals surface area contributed by atoms with Crippen LogP contribution in [0.2, 0.25) is 0 Å². The van der Waals surface area contributed by atoms with Crippen molar-refractivity contribution in [3.8, 4) is 0 Å². The number of nitrogens with zero attached hydrogens (tertiary/aromatic N) is 2. The summed E-state index contributed by atoms with van der Waals surface area (Å²) in [6.07, 6.45) is 1.24. The standard InChI is InChI=1S/C11H20N4O3S/c12-11(13)14-3-1-2-8(10(17)18)15-5-7(6-19)4-9(15)16/h7-8,19H,1-6H2,(H,17,18)(H4,12,13,14). The number of likely N-dealkylation sites (tertiary alicyclic amines) is 1. The fourth-order valence-corrected chi connectivity index (χ4v) is 2.38. The van der Waals surface area contributed by atoms with Gasteiger partial charge in [0.25, 0.3) is 0 Å². The van der Waals surface area contributed by atoms with Crippen LogP contribution in [0.1, 0.15) is 19.3 Å². The Morgan fingerprint density at radius 2 is 2.26 bits per heavy atom. The van der Waals surface area contributed by atoms with Crippen LogP contribution in [0.15, 0.2) is 4.99 Å². The van der Waals surface area contributed by atoms with Gasteiger partial charge in [0.1, 0.15) is 6.04 Å². The number of guanidine groups is 1. The quantitative estimate of drug-likeness (QED) is 0.213. The molecule has 1 aliphatic heterocycles. The minimum atomic E-state index is -0.988. The zero-order chi connectivity index (χ0) is 14.4. The van der Waals surface area contributed by atoms with Gasteiger partial charge in [0.2, 0.25) is 5.91 Å². The molecule has 7 nitrogen and oxygen atoms in total. The molecule has 1 saturated heterocycles. The van der Waals surface area contributed by atoms with Crippen molar-refractivity contribution in [1.29, 1.82) is 0 Å². The third kappa shape index (κ3) is 4.62. The minimum Gasteiger partial charge on any atom is -0.480 e. The van der Waals surface area contributed by atoms with Crippen molar-refractivity contribution in [2.45, 2.75) is 25.3 Å². The highest BCUT2D eigenvalue weighted by molar-refractivity contribution is 7.80. The number of hydrogen-bond donors (Lipinski definition) is 4. The minimum absolute atomic E-state index is 0.0146. The van der Waals surface area contributed by atoms with E-state index >= 15 is 0 Å². The van der Waals surface area contributed by atoms with Crippen molar-refractivity contribution in [1.82, 2.24) is 4.90 Å². The van der Waals surface area contributed by atoms with E-state index in [2.05, 4.69) is 17.6 Å². The van der Waals surface area contributed by atoms with E-state index in [1.54, 1.807) is 0 Å². The van der Waals surface area contributed by atoms with Gasteiger partial charge < -0.3 is 21.5 Å². The number of hydrogen-bond acceptors (Lipinski definition) is 4.